The lowest BCUT2D eigenvalue weighted by atomic mass is 9.74. The number of carboxylic acids is 1. The number of carbonyl (C=O) groups is 1. The van der Waals surface area contributed by atoms with Crippen molar-refractivity contribution in [2.24, 2.45) is 11.8 Å². The first-order valence-electron chi connectivity index (χ1n) is 7.51. The lowest BCUT2D eigenvalue weighted by Gasteiger charge is -2.32. The van der Waals surface area contributed by atoms with Gasteiger partial charge in [-0.1, -0.05) is 51.0 Å². The topological polar surface area (TPSA) is 57.5 Å². The molecule has 0 saturated heterocycles. The van der Waals surface area contributed by atoms with Crippen LogP contribution in [0.15, 0.2) is 24.3 Å². The molecule has 3 atom stereocenters. The molecule has 0 radical (unpaired) electrons. The van der Waals surface area contributed by atoms with Crippen molar-refractivity contribution < 1.29 is 15.0 Å². The zero-order valence-electron chi connectivity index (χ0n) is 12.2. The highest BCUT2D eigenvalue weighted by atomic mass is 16.4. The van der Waals surface area contributed by atoms with Crippen LogP contribution in [0.1, 0.15) is 62.7 Å². The molecule has 3 heteroatoms. The Kier molecular flexibility index (Phi) is 4.81. The molecule has 2 N–H and O–H groups in total. The summed E-state index contributed by atoms with van der Waals surface area (Å²) in [6.45, 7) is 4.26. The molecule has 0 aromatic heterocycles. The molecule has 1 aliphatic carbocycles. The Morgan fingerprint density at radius 2 is 1.65 bits per heavy atom. The lowest BCUT2D eigenvalue weighted by Crippen LogP contribution is -2.31. The van der Waals surface area contributed by atoms with Gasteiger partial charge >= 0.3 is 5.97 Å². The molecule has 1 fully saturated rings. The van der Waals surface area contributed by atoms with Crippen molar-refractivity contribution in [3.05, 3.63) is 35.4 Å². The van der Waals surface area contributed by atoms with Gasteiger partial charge in [-0.25, -0.2) is 0 Å². The van der Waals surface area contributed by atoms with Crippen LogP contribution in [0.25, 0.3) is 0 Å². The van der Waals surface area contributed by atoms with E-state index in [1.54, 1.807) is 0 Å². The summed E-state index contributed by atoms with van der Waals surface area (Å²) in [5.74, 6) is -0.884. The van der Waals surface area contributed by atoms with Gasteiger partial charge in [-0.15, -0.1) is 0 Å². The van der Waals surface area contributed by atoms with E-state index in [-0.39, 0.29) is 5.92 Å². The van der Waals surface area contributed by atoms with Gasteiger partial charge in [0.1, 0.15) is 0 Å². The third-order valence-electron chi connectivity index (χ3n) is 4.49. The first kappa shape index (κ1) is 15.0. The molecule has 0 heterocycles. The van der Waals surface area contributed by atoms with Crippen LogP contribution in [-0.4, -0.2) is 16.2 Å². The van der Waals surface area contributed by atoms with Gasteiger partial charge in [0.2, 0.25) is 0 Å². The highest BCUT2D eigenvalue weighted by Gasteiger charge is 2.35. The predicted octanol–water partition coefficient (Wildman–Crippen LogP) is 3.73. The van der Waals surface area contributed by atoms with E-state index in [2.05, 4.69) is 13.8 Å². The quantitative estimate of drug-likeness (QED) is 0.881. The maximum absolute atomic E-state index is 11.3. The number of carboxylic acid groups (broad SMARTS) is 1. The van der Waals surface area contributed by atoms with Gasteiger partial charge in [0.15, 0.2) is 0 Å². The zero-order chi connectivity index (χ0) is 14.7. The molecular formula is C17H24O3. The minimum absolute atomic E-state index is 0.161. The summed E-state index contributed by atoms with van der Waals surface area (Å²) in [4.78, 5) is 11.3. The Balaban J connectivity index is 2.16. The van der Waals surface area contributed by atoms with Crippen molar-refractivity contribution in [2.75, 3.05) is 0 Å². The van der Waals surface area contributed by atoms with Gasteiger partial charge in [0.05, 0.1) is 12.0 Å². The molecule has 1 aliphatic rings. The SMILES string of the molecule is CC(C)c1ccc(C(O)C2CCCCC2C(=O)O)cc1. The number of hydrogen-bond acceptors (Lipinski definition) is 2. The Bertz CT molecular complexity index is 450. The Labute approximate surface area is 120 Å². The fourth-order valence-electron chi connectivity index (χ4n) is 3.17. The van der Waals surface area contributed by atoms with E-state index < -0.39 is 18.0 Å². The van der Waals surface area contributed by atoms with E-state index in [1.165, 1.54) is 5.56 Å². The van der Waals surface area contributed by atoms with Crippen molar-refractivity contribution in [3.8, 4) is 0 Å². The van der Waals surface area contributed by atoms with E-state index in [0.717, 1.165) is 24.8 Å². The highest BCUT2D eigenvalue weighted by Crippen LogP contribution is 2.39. The van der Waals surface area contributed by atoms with Crippen LogP contribution < -0.4 is 0 Å². The number of aliphatic hydroxyl groups is 1. The summed E-state index contributed by atoms with van der Waals surface area (Å²) < 4.78 is 0. The molecule has 0 aliphatic heterocycles. The average Bonchev–Trinajstić information content (AvgIpc) is 2.46. The van der Waals surface area contributed by atoms with Gasteiger partial charge in [-0.2, -0.15) is 0 Å². The molecule has 0 spiro atoms. The second-order valence-corrected chi connectivity index (χ2v) is 6.16. The fourth-order valence-corrected chi connectivity index (χ4v) is 3.17. The Morgan fingerprint density at radius 1 is 1.10 bits per heavy atom. The fraction of sp³-hybridized carbons (Fsp3) is 0.588. The first-order chi connectivity index (χ1) is 9.50. The molecule has 3 nitrogen and oxygen atoms in total. The number of aliphatic carboxylic acids is 1. The first-order valence-corrected chi connectivity index (χ1v) is 7.51. The summed E-state index contributed by atoms with van der Waals surface area (Å²) in [6, 6.07) is 7.94. The summed E-state index contributed by atoms with van der Waals surface area (Å²) in [5.41, 5.74) is 2.08. The van der Waals surface area contributed by atoms with E-state index in [1.807, 2.05) is 24.3 Å². The third-order valence-corrected chi connectivity index (χ3v) is 4.49. The number of hydrogen-bond donors (Lipinski definition) is 2. The van der Waals surface area contributed by atoms with Crippen LogP contribution in [-0.2, 0) is 4.79 Å². The molecule has 1 aromatic rings. The van der Waals surface area contributed by atoms with Crippen LogP contribution in [0, 0.1) is 11.8 Å². The van der Waals surface area contributed by atoms with Gasteiger partial charge in [0, 0.05) is 5.92 Å². The third kappa shape index (κ3) is 3.21. The van der Waals surface area contributed by atoms with Crippen molar-refractivity contribution in [2.45, 2.75) is 51.6 Å². The van der Waals surface area contributed by atoms with Crippen molar-refractivity contribution in [1.82, 2.24) is 0 Å². The van der Waals surface area contributed by atoms with Gasteiger partial charge in [-0.05, 0) is 29.9 Å². The summed E-state index contributed by atoms with van der Waals surface area (Å²) in [6.07, 6.45) is 2.77. The highest BCUT2D eigenvalue weighted by molar-refractivity contribution is 5.70. The summed E-state index contributed by atoms with van der Waals surface area (Å²) in [5, 5.41) is 19.8. The van der Waals surface area contributed by atoms with Crippen molar-refractivity contribution in [3.63, 3.8) is 0 Å². The molecule has 2 rings (SSSR count). The van der Waals surface area contributed by atoms with E-state index in [9.17, 15) is 15.0 Å². The molecule has 20 heavy (non-hydrogen) atoms. The average molecular weight is 276 g/mol. The second kappa shape index (κ2) is 6.40. The minimum Gasteiger partial charge on any atom is -0.481 e. The maximum Gasteiger partial charge on any atom is 0.306 e. The van der Waals surface area contributed by atoms with Crippen LogP contribution in [0.3, 0.4) is 0 Å². The standard InChI is InChI=1S/C17H24O3/c1-11(2)12-7-9-13(10-8-12)16(18)14-5-3-4-6-15(14)17(19)20/h7-11,14-16,18H,3-6H2,1-2H3,(H,19,20). The molecule has 110 valence electrons. The van der Waals surface area contributed by atoms with E-state index in [0.29, 0.717) is 12.3 Å². The minimum atomic E-state index is -0.771. The molecule has 3 unspecified atom stereocenters. The van der Waals surface area contributed by atoms with Gasteiger partial charge < -0.3 is 10.2 Å². The Hall–Kier alpha value is -1.35. The van der Waals surface area contributed by atoms with Crippen molar-refractivity contribution in [1.29, 1.82) is 0 Å². The molecule has 0 amide bonds. The molecule has 1 saturated carbocycles. The maximum atomic E-state index is 11.3. The smallest absolute Gasteiger partial charge is 0.306 e. The number of aliphatic hydroxyl groups excluding tert-OH is 1. The number of benzene rings is 1. The van der Waals surface area contributed by atoms with Gasteiger partial charge in [-0.3, -0.25) is 4.79 Å². The van der Waals surface area contributed by atoms with Crippen LogP contribution >= 0.6 is 0 Å². The van der Waals surface area contributed by atoms with Crippen LogP contribution in [0.2, 0.25) is 0 Å². The normalized spacial score (nSPS) is 24.6. The number of rotatable bonds is 4. The largest absolute Gasteiger partial charge is 0.481 e. The molecule has 1 aromatic carbocycles. The van der Waals surface area contributed by atoms with E-state index >= 15 is 0 Å². The Morgan fingerprint density at radius 3 is 2.20 bits per heavy atom. The second-order valence-electron chi connectivity index (χ2n) is 6.16. The van der Waals surface area contributed by atoms with Gasteiger partial charge in [0.25, 0.3) is 0 Å². The van der Waals surface area contributed by atoms with Crippen molar-refractivity contribution >= 4 is 5.97 Å². The molecule has 0 bridgehead atoms. The zero-order valence-corrected chi connectivity index (χ0v) is 12.2. The monoisotopic (exact) mass is 276 g/mol. The van der Waals surface area contributed by atoms with Crippen LogP contribution in [0.5, 0.6) is 0 Å². The lowest BCUT2D eigenvalue weighted by molar-refractivity contribution is -0.147. The van der Waals surface area contributed by atoms with Crippen LogP contribution in [0.4, 0.5) is 0 Å². The molecular weight excluding hydrogens is 252 g/mol. The predicted molar refractivity (Wildman–Crippen MR) is 78.6 cm³/mol. The van der Waals surface area contributed by atoms with E-state index in [4.69, 9.17) is 0 Å². The summed E-state index contributed by atoms with van der Waals surface area (Å²) >= 11 is 0. The summed E-state index contributed by atoms with van der Waals surface area (Å²) in [7, 11) is 0.